The number of rotatable bonds is 5. The van der Waals surface area contributed by atoms with Crippen LogP contribution in [0.1, 0.15) is 55.9 Å². The molecule has 0 atom stereocenters. The summed E-state index contributed by atoms with van der Waals surface area (Å²) in [6.45, 7) is 3.51. The standard InChI is InChI=1S/C21H30N4O2S/c1-4-5-18(26)25-11-10-17-16(12-25)19-20(22-13-23-21(19)28-17)27-15-8-6-14(7-9-15)24(2)3/h13-15H,4-12H2,1-3H3/t14-,15-. The van der Waals surface area contributed by atoms with Crippen molar-refractivity contribution >= 4 is 27.5 Å². The molecule has 1 saturated carbocycles. The number of hydrogen-bond acceptors (Lipinski definition) is 6. The maximum Gasteiger partial charge on any atom is 0.225 e. The van der Waals surface area contributed by atoms with Crippen LogP contribution in [0, 0.1) is 0 Å². The van der Waals surface area contributed by atoms with Crippen LogP contribution in [0.25, 0.3) is 10.2 Å². The molecule has 2 aliphatic rings. The predicted octanol–water partition coefficient (Wildman–Crippen LogP) is 3.63. The molecule has 28 heavy (non-hydrogen) atoms. The minimum atomic E-state index is 0.214. The van der Waals surface area contributed by atoms with Gasteiger partial charge in [-0.1, -0.05) is 6.92 Å². The van der Waals surface area contributed by atoms with Crippen molar-refractivity contribution < 1.29 is 9.53 Å². The van der Waals surface area contributed by atoms with Crippen LogP contribution in [0.3, 0.4) is 0 Å². The van der Waals surface area contributed by atoms with Gasteiger partial charge in [0.2, 0.25) is 11.8 Å². The van der Waals surface area contributed by atoms with Gasteiger partial charge in [0.15, 0.2) is 0 Å². The average Bonchev–Trinajstić information content (AvgIpc) is 3.07. The highest BCUT2D eigenvalue weighted by Gasteiger charge is 2.29. The van der Waals surface area contributed by atoms with Crippen molar-refractivity contribution in [2.75, 3.05) is 20.6 Å². The maximum absolute atomic E-state index is 12.4. The Hall–Kier alpha value is -1.73. The first-order chi connectivity index (χ1) is 13.6. The van der Waals surface area contributed by atoms with Crippen molar-refractivity contribution in [3.8, 4) is 5.88 Å². The Kier molecular flexibility index (Phi) is 5.83. The van der Waals surface area contributed by atoms with Gasteiger partial charge in [0.25, 0.3) is 0 Å². The number of nitrogens with zero attached hydrogens (tertiary/aromatic N) is 4. The molecule has 0 saturated heterocycles. The molecule has 1 aliphatic carbocycles. The molecule has 4 rings (SSSR count). The largest absolute Gasteiger partial charge is 0.474 e. The molecule has 2 aromatic rings. The Morgan fingerprint density at radius 1 is 1.29 bits per heavy atom. The van der Waals surface area contributed by atoms with Crippen LogP contribution in [-0.2, 0) is 17.8 Å². The van der Waals surface area contributed by atoms with E-state index in [1.807, 2.05) is 4.90 Å². The second kappa shape index (κ2) is 8.33. The van der Waals surface area contributed by atoms with Gasteiger partial charge in [0.1, 0.15) is 17.3 Å². The lowest BCUT2D eigenvalue weighted by molar-refractivity contribution is -0.132. The van der Waals surface area contributed by atoms with Crippen LogP contribution in [0.5, 0.6) is 5.88 Å². The van der Waals surface area contributed by atoms with Crippen molar-refractivity contribution in [2.45, 2.75) is 70.6 Å². The van der Waals surface area contributed by atoms with Crippen molar-refractivity contribution in [1.29, 1.82) is 0 Å². The Morgan fingerprint density at radius 2 is 2.07 bits per heavy atom. The number of carbonyl (C=O) groups is 1. The minimum absolute atomic E-state index is 0.214. The maximum atomic E-state index is 12.4. The molecule has 0 N–H and O–H groups in total. The molecule has 1 amide bonds. The number of thiophene rings is 1. The Balaban J connectivity index is 1.56. The van der Waals surface area contributed by atoms with Gasteiger partial charge in [0, 0.05) is 36.0 Å². The highest BCUT2D eigenvalue weighted by atomic mass is 32.1. The zero-order valence-electron chi connectivity index (χ0n) is 17.1. The van der Waals surface area contributed by atoms with E-state index in [1.165, 1.54) is 10.4 Å². The Labute approximate surface area is 170 Å². The summed E-state index contributed by atoms with van der Waals surface area (Å²) < 4.78 is 6.40. The number of aromatic nitrogens is 2. The van der Waals surface area contributed by atoms with E-state index in [4.69, 9.17) is 4.74 Å². The van der Waals surface area contributed by atoms with Gasteiger partial charge in [-0.3, -0.25) is 4.79 Å². The van der Waals surface area contributed by atoms with Gasteiger partial charge in [-0.15, -0.1) is 11.3 Å². The fourth-order valence-corrected chi connectivity index (χ4v) is 5.52. The number of fused-ring (bicyclic) bond motifs is 3. The molecule has 2 aromatic heterocycles. The number of amides is 1. The number of carbonyl (C=O) groups excluding carboxylic acids is 1. The monoisotopic (exact) mass is 402 g/mol. The molecule has 1 aliphatic heterocycles. The molecule has 152 valence electrons. The van der Waals surface area contributed by atoms with E-state index in [2.05, 4.69) is 35.9 Å². The van der Waals surface area contributed by atoms with Gasteiger partial charge in [-0.2, -0.15) is 0 Å². The fraction of sp³-hybridized carbons (Fsp3) is 0.667. The van der Waals surface area contributed by atoms with Crippen molar-refractivity contribution in [3.63, 3.8) is 0 Å². The van der Waals surface area contributed by atoms with E-state index in [1.54, 1.807) is 17.7 Å². The quantitative estimate of drug-likeness (QED) is 0.764. The second-order valence-corrected chi connectivity index (χ2v) is 9.27. The zero-order valence-corrected chi connectivity index (χ0v) is 17.9. The van der Waals surface area contributed by atoms with Crippen LogP contribution >= 0.6 is 11.3 Å². The van der Waals surface area contributed by atoms with Crippen molar-refractivity contribution in [1.82, 2.24) is 19.8 Å². The zero-order chi connectivity index (χ0) is 19.7. The summed E-state index contributed by atoms with van der Waals surface area (Å²) in [5.74, 6) is 0.953. The smallest absolute Gasteiger partial charge is 0.225 e. The molecule has 6 nitrogen and oxygen atoms in total. The van der Waals surface area contributed by atoms with E-state index in [0.29, 0.717) is 24.9 Å². The second-order valence-electron chi connectivity index (χ2n) is 8.19. The van der Waals surface area contributed by atoms with Gasteiger partial charge in [-0.25, -0.2) is 9.97 Å². The van der Waals surface area contributed by atoms with Gasteiger partial charge < -0.3 is 14.5 Å². The summed E-state index contributed by atoms with van der Waals surface area (Å²) in [5.41, 5.74) is 1.20. The molecule has 0 aromatic carbocycles. The third-order valence-electron chi connectivity index (χ3n) is 6.06. The molecule has 7 heteroatoms. The van der Waals surface area contributed by atoms with Crippen molar-refractivity contribution in [3.05, 3.63) is 16.8 Å². The normalized spacial score (nSPS) is 22.5. The van der Waals surface area contributed by atoms with Crippen LogP contribution in [0.15, 0.2) is 6.33 Å². The first-order valence-electron chi connectivity index (χ1n) is 10.4. The first kappa shape index (κ1) is 19.6. The lowest BCUT2D eigenvalue weighted by Gasteiger charge is -2.32. The molecular weight excluding hydrogens is 372 g/mol. The molecule has 1 fully saturated rings. The highest BCUT2D eigenvalue weighted by molar-refractivity contribution is 7.18. The van der Waals surface area contributed by atoms with E-state index in [9.17, 15) is 4.79 Å². The highest BCUT2D eigenvalue weighted by Crippen LogP contribution is 2.39. The SMILES string of the molecule is CCCC(=O)N1CCc2sc3ncnc(O[C@H]4CC[C@H](N(C)C)CC4)c3c2C1. The third-order valence-corrected chi connectivity index (χ3v) is 7.26. The summed E-state index contributed by atoms with van der Waals surface area (Å²) in [6.07, 6.45) is 8.67. The Morgan fingerprint density at radius 3 is 2.79 bits per heavy atom. The first-order valence-corrected chi connectivity index (χ1v) is 11.2. The van der Waals surface area contributed by atoms with E-state index in [0.717, 1.165) is 55.3 Å². The molecule has 0 bridgehead atoms. The van der Waals surface area contributed by atoms with E-state index >= 15 is 0 Å². The van der Waals surface area contributed by atoms with E-state index < -0.39 is 0 Å². The summed E-state index contributed by atoms with van der Waals surface area (Å²) in [6, 6.07) is 0.650. The summed E-state index contributed by atoms with van der Waals surface area (Å²) in [5, 5.41) is 1.03. The topological polar surface area (TPSA) is 58.6 Å². The van der Waals surface area contributed by atoms with Crippen molar-refractivity contribution in [2.24, 2.45) is 0 Å². The van der Waals surface area contributed by atoms with Crippen LogP contribution in [-0.4, -0.2) is 58.5 Å². The molecule has 0 spiro atoms. The number of hydrogen-bond donors (Lipinski definition) is 0. The molecular formula is C21H30N4O2S. The molecule has 0 unspecified atom stereocenters. The van der Waals surface area contributed by atoms with Gasteiger partial charge in [-0.05, 0) is 52.6 Å². The molecule has 0 radical (unpaired) electrons. The number of ether oxygens (including phenoxy) is 1. The Bertz CT molecular complexity index is 842. The lowest BCUT2D eigenvalue weighted by atomic mass is 9.92. The summed E-state index contributed by atoms with van der Waals surface area (Å²) >= 11 is 1.73. The average molecular weight is 403 g/mol. The lowest BCUT2D eigenvalue weighted by Crippen LogP contribution is -2.36. The van der Waals surface area contributed by atoms with Gasteiger partial charge in [0.05, 0.1) is 5.39 Å². The predicted molar refractivity (Wildman–Crippen MR) is 112 cm³/mol. The molecule has 3 heterocycles. The van der Waals surface area contributed by atoms with Crippen LogP contribution in [0.2, 0.25) is 0 Å². The summed E-state index contributed by atoms with van der Waals surface area (Å²) in [4.78, 5) is 28.0. The van der Waals surface area contributed by atoms with Crippen LogP contribution < -0.4 is 4.74 Å². The summed E-state index contributed by atoms with van der Waals surface area (Å²) in [7, 11) is 4.31. The minimum Gasteiger partial charge on any atom is -0.474 e. The third kappa shape index (κ3) is 3.87. The van der Waals surface area contributed by atoms with E-state index in [-0.39, 0.29) is 12.0 Å². The van der Waals surface area contributed by atoms with Gasteiger partial charge >= 0.3 is 0 Å². The fourth-order valence-electron chi connectivity index (χ4n) is 4.39. The van der Waals surface area contributed by atoms with Crippen LogP contribution in [0.4, 0.5) is 0 Å².